The van der Waals surface area contributed by atoms with Crippen LogP contribution in [0.15, 0.2) is 29.2 Å². The van der Waals surface area contributed by atoms with Crippen LogP contribution in [0.25, 0.3) is 0 Å². The number of hydrogen-bond acceptors (Lipinski definition) is 4. The van der Waals surface area contributed by atoms with Crippen molar-refractivity contribution in [3.05, 3.63) is 29.8 Å². The van der Waals surface area contributed by atoms with Gasteiger partial charge in [0.2, 0.25) is 0 Å². The highest BCUT2D eigenvalue weighted by Crippen LogP contribution is 2.22. The van der Waals surface area contributed by atoms with E-state index in [4.69, 9.17) is 0 Å². The molecule has 0 spiro atoms. The molecule has 0 saturated heterocycles. The molecule has 1 atom stereocenters. The predicted molar refractivity (Wildman–Crippen MR) is 71.3 cm³/mol. The standard InChI is InChI=1S/C13H19NO2S/c1-4-14-10(2)11-6-5-7-12(8-11)17-9-13(15)16-3/h5-8,10,14H,4,9H2,1-3H3. The van der Waals surface area contributed by atoms with Crippen LogP contribution in [0.3, 0.4) is 0 Å². The average Bonchev–Trinajstić information content (AvgIpc) is 2.36. The Hall–Kier alpha value is -1.00. The molecule has 0 aliphatic carbocycles. The van der Waals surface area contributed by atoms with Crippen LogP contribution in [0.2, 0.25) is 0 Å². The van der Waals surface area contributed by atoms with E-state index >= 15 is 0 Å². The summed E-state index contributed by atoms with van der Waals surface area (Å²) in [5.41, 5.74) is 1.24. The lowest BCUT2D eigenvalue weighted by atomic mass is 10.1. The molecule has 1 rings (SSSR count). The van der Waals surface area contributed by atoms with Crippen molar-refractivity contribution in [3.63, 3.8) is 0 Å². The first kappa shape index (κ1) is 14.1. The Kier molecular flexibility index (Phi) is 6.08. The average molecular weight is 253 g/mol. The molecule has 0 heterocycles. The van der Waals surface area contributed by atoms with Gasteiger partial charge < -0.3 is 10.1 Å². The van der Waals surface area contributed by atoms with Crippen LogP contribution < -0.4 is 5.32 Å². The second kappa shape index (κ2) is 7.35. The van der Waals surface area contributed by atoms with Gasteiger partial charge >= 0.3 is 5.97 Å². The minimum Gasteiger partial charge on any atom is -0.468 e. The molecule has 0 aromatic heterocycles. The number of nitrogens with one attached hydrogen (secondary N) is 1. The Morgan fingerprint density at radius 3 is 2.94 bits per heavy atom. The maximum atomic E-state index is 11.1. The largest absolute Gasteiger partial charge is 0.468 e. The molecule has 1 N–H and O–H groups in total. The highest BCUT2D eigenvalue weighted by atomic mass is 32.2. The van der Waals surface area contributed by atoms with E-state index in [2.05, 4.69) is 36.0 Å². The van der Waals surface area contributed by atoms with Crippen LogP contribution in [0.4, 0.5) is 0 Å². The van der Waals surface area contributed by atoms with Gasteiger partial charge in [-0.1, -0.05) is 19.1 Å². The zero-order chi connectivity index (χ0) is 12.7. The SMILES string of the molecule is CCNC(C)c1cccc(SCC(=O)OC)c1. The van der Waals surface area contributed by atoms with Crippen molar-refractivity contribution in [3.8, 4) is 0 Å². The maximum absolute atomic E-state index is 11.1. The van der Waals surface area contributed by atoms with Gasteiger partial charge in [-0.3, -0.25) is 4.79 Å². The van der Waals surface area contributed by atoms with Gasteiger partial charge in [0.15, 0.2) is 0 Å². The summed E-state index contributed by atoms with van der Waals surface area (Å²) in [6.07, 6.45) is 0. The number of hydrogen-bond donors (Lipinski definition) is 1. The fraction of sp³-hybridized carbons (Fsp3) is 0.462. The number of rotatable bonds is 6. The number of carbonyl (C=O) groups excluding carboxylic acids is 1. The van der Waals surface area contributed by atoms with Crippen LogP contribution in [0.1, 0.15) is 25.5 Å². The first-order valence-corrected chi connectivity index (χ1v) is 6.69. The summed E-state index contributed by atoms with van der Waals surface area (Å²) < 4.78 is 4.62. The van der Waals surface area contributed by atoms with Crippen LogP contribution in [-0.4, -0.2) is 25.4 Å². The van der Waals surface area contributed by atoms with Crippen molar-refractivity contribution < 1.29 is 9.53 Å². The molecule has 1 unspecified atom stereocenters. The Labute approximate surface area is 107 Å². The smallest absolute Gasteiger partial charge is 0.315 e. The molecule has 17 heavy (non-hydrogen) atoms. The van der Waals surface area contributed by atoms with Crippen molar-refractivity contribution in [2.24, 2.45) is 0 Å². The minimum atomic E-state index is -0.194. The van der Waals surface area contributed by atoms with Gasteiger partial charge in [-0.25, -0.2) is 0 Å². The normalized spacial score (nSPS) is 12.2. The third-order valence-electron chi connectivity index (χ3n) is 2.45. The molecule has 0 saturated carbocycles. The summed E-state index contributed by atoms with van der Waals surface area (Å²) in [6.45, 7) is 5.17. The monoisotopic (exact) mass is 253 g/mol. The summed E-state index contributed by atoms with van der Waals surface area (Å²) in [5, 5.41) is 3.36. The summed E-state index contributed by atoms with van der Waals surface area (Å²) in [4.78, 5) is 12.1. The Morgan fingerprint density at radius 1 is 1.53 bits per heavy atom. The minimum absolute atomic E-state index is 0.194. The second-order valence-corrected chi connectivity index (χ2v) is 4.77. The third-order valence-corrected chi connectivity index (χ3v) is 3.42. The predicted octanol–water partition coefficient (Wildman–Crippen LogP) is 2.62. The fourth-order valence-electron chi connectivity index (χ4n) is 1.50. The van der Waals surface area contributed by atoms with Gasteiger partial charge in [0.05, 0.1) is 12.9 Å². The van der Waals surface area contributed by atoms with E-state index in [1.54, 1.807) is 0 Å². The summed E-state index contributed by atoms with van der Waals surface area (Å²) in [6, 6.07) is 8.56. The summed E-state index contributed by atoms with van der Waals surface area (Å²) in [5.74, 6) is 0.162. The first-order valence-electron chi connectivity index (χ1n) is 5.70. The van der Waals surface area contributed by atoms with E-state index in [1.165, 1.54) is 24.4 Å². The zero-order valence-corrected chi connectivity index (χ0v) is 11.3. The molecule has 4 heteroatoms. The molecular formula is C13H19NO2S. The lowest BCUT2D eigenvalue weighted by molar-refractivity contribution is -0.137. The van der Waals surface area contributed by atoms with E-state index in [0.717, 1.165) is 11.4 Å². The third kappa shape index (κ3) is 4.79. The number of carbonyl (C=O) groups is 1. The van der Waals surface area contributed by atoms with Crippen LogP contribution in [-0.2, 0) is 9.53 Å². The number of methoxy groups -OCH3 is 1. The van der Waals surface area contributed by atoms with E-state index in [9.17, 15) is 4.79 Å². The topological polar surface area (TPSA) is 38.3 Å². The quantitative estimate of drug-likeness (QED) is 0.625. The van der Waals surface area contributed by atoms with Gasteiger partial charge in [0, 0.05) is 10.9 Å². The van der Waals surface area contributed by atoms with Gasteiger partial charge in [0.25, 0.3) is 0 Å². The van der Waals surface area contributed by atoms with Crippen LogP contribution in [0, 0.1) is 0 Å². The number of thioether (sulfide) groups is 1. The molecule has 0 aliphatic rings. The molecule has 1 aromatic rings. The van der Waals surface area contributed by atoms with Gasteiger partial charge in [-0.2, -0.15) is 0 Å². The lowest BCUT2D eigenvalue weighted by Crippen LogP contribution is -2.17. The molecular weight excluding hydrogens is 234 g/mol. The van der Waals surface area contributed by atoms with Gasteiger partial charge in [0.1, 0.15) is 0 Å². The van der Waals surface area contributed by atoms with Crippen LogP contribution >= 0.6 is 11.8 Å². The van der Waals surface area contributed by atoms with E-state index < -0.39 is 0 Å². The molecule has 0 bridgehead atoms. The number of ether oxygens (including phenoxy) is 1. The Morgan fingerprint density at radius 2 is 2.29 bits per heavy atom. The maximum Gasteiger partial charge on any atom is 0.315 e. The van der Waals surface area contributed by atoms with Crippen molar-refractivity contribution in [1.29, 1.82) is 0 Å². The molecule has 0 radical (unpaired) electrons. The molecule has 0 fully saturated rings. The number of benzene rings is 1. The summed E-state index contributed by atoms with van der Waals surface area (Å²) in [7, 11) is 1.41. The zero-order valence-electron chi connectivity index (χ0n) is 10.5. The molecule has 1 aromatic carbocycles. The second-order valence-electron chi connectivity index (χ2n) is 3.72. The Balaban J connectivity index is 2.62. The molecule has 0 aliphatic heterocycles. The Bertz CT molecular complexity index is 368. The highest BCUT2D eigenvalue weighted by molar-refractivity contribution is 8.00. The molecule has 3 nitrogen and oxygen atoms in total. The number of esters is 1. The lowest BCUT2D eigenvalue weighted by Gasteiger charge is -2.13. The van der Waals surface area contributed by atoms with Crippen molar-refractivity contribution in [2.75, 3.05) is 19.4 Å². The van der Waals surface area contributed by atoms with Crippen LogP contribution in [0.5, 0.6) is 0 Å². The first-order chi connectivity index (χ1) is 8.17. The summed E-state index contributed by atoms with van der Waals surface area (Å²) >= 11 is 1.50. The van der Waals surface area contributed by atoms with E-state index in [1.807, 2.05) is 12.1 Å². The van der Waals surface area contributed by atoms with E-state index in [0.29, 0.717) is 11.8 Å². The van der Waals surface area contributed by atoms with Crippen molar-refractivity contribution in [2.45, 2.75) is 24.8 Å². The van der Waals surface area contributed by atoms with Crippen molar-refractivity contribution >= 4 is 17.7 Å². The highest BCUT2D eigenvalue weighted by Gasteiger charge is 2.06. The van der Waals surface area contributed by atoms with Gasteiger partial charge in [-0.05, 0) is 31.2 Å². The van der Waals surface area contributed by atoms with Gasteiger partial charge in [-0.15, -0.1) is 11.8 Å². The van der Waals surface area contributed by atoms with Crippen molar-refractivity contribution in [1.82, 2.24) is 5.32 Å². The fourth-order valence-corrected chi connectivity index (χ4v) is 2.30. The molecule has 94 valence electrons. The van der Waals surface area contributed by atoms with E-state index in [-0.39, 0.29) is 5.97 Å². The molecule has 0 amide bonds.